The second-order valence-electron chi connectivity index (χ2n) is 5.31. The van der Waals surface area contributed by atoms with Crippen LogP contribution in [0.1, 0.15) is 18.6 Å². The van der Waals surface area contributed by atoms with Crippen LogP contribution < -0.4 is 5.32 Å². The molecule has 1 aliphatic heterocycles. The Labute approximate surface area is 133 Å². The van der Waals surface area contributed by atoms with Gasteiger partial charge in [-0.15, -0.1) is 10.2 Å². The van der Waals surface area contributed by atoms with Crippen molar-refractivity contribution in [1.29, 1.82) is 0 Å². The van der Waals surface area contributed by atoms with Crippen LogP contribution in [0.3, 0.4) is 0 Å². The predicted octanol–water partition coefficient (Wildman–Crippen LogP) is 1.48. The van der Waals surface area contributed by atoms with Crippen LogP contribution in [-0.2, 0) is 17.9 Å². The molecule has 0 aliphatic carbocycles. The molecule has 0 fully saturated rings. The molecule has 0 aromatic carbocycles. The van der Waals surface area contributed by atoms with Gasteiger partial charge in [-0.05, 0) is 26.0 Å². The fourth-order valence-electron chi connectivity index (χ4n) is 2.50. The van der Waals surface area contributed by atoms with Crippen LogP contribution in [-0.4, -0.2) is 43.1 Å². The topological polar surface area (TPSA) is 75.9 Å². The molecule has 116 valence electrons. The molecular formula is C14H17ClN6O. The van der Waals surface area contributed by atoms with Crippen molar-refractivity contribution < 1.29 is 4.79 Å². The van der Waals surface area contributed by atoms with Gasteiger partial charge in [0.2, 0.25) is 5.91 Å². The van der Waals surface area contributed by atoms with Crippen molar-refractivity contribution in [1.82, 2.24) is 24.6 Å². The minimum absolute atomic E-state index is 0.0977. The van der Waals surface area contributed by atoms with Crippen LogP contribution in [0.5, 0.6) is 0 Å². The van der Waals surface area contributed by atoms with E-state index >= 15 is 0 Å². The number of anilines is 1. The molecule has 22 heavy (non-hydrogen) atoms. The molecule has 0 saturated heterocycles. The van der Waals surface area contributed by atoms with Crippen molar-refractivity contribution in [2.24, 2.45) is 0 Å². The Morgan fingerprint density at radius 2 is 2.18 bits per heavy atom. The first kappa shape index (κ1) is 14.9. The molecule has 0 saturated carbocycles. The van der Waals surface area contributed by atoms with Crippen molar-refractivity contribution in [3.63, 3.8) is 0 Å². The van der Waals surface area contributed by atoms with Crippen molar-refractivity contribution in [3.8, 4) is 0 Å². The van der Waals surface area contributed by atoms with E-state index in [9.17, 15) is 4.79 Å². The summed E-state index contributed by atoms with van der Waals surface area (Å²) >= 11 is 5.78. The van der Waals surface area contributed by atoms with E-state index < -0.39 is 0 Å². The molecule has 8 heteroatoms. The zero-order valence-corrected chi connectivity index (χ0v) is 13.2. The second-order valence-corrected chi connectivity index (χ2v) is 5.75. The largest absolute Gasteiger partial charge is 0.313 e. The highest BCUT2D eigenvalue weighted by atomic mass is 35.5. The van der Waals surface area contributed by atoms with E-state index in [4.69, 9.17) is 11.6 Å². The van der Waals surface area contributed by atoms with E-state index in [0.717, 1.165) is 24.7 Å². The molecule has 0 spiro atoms. The number of nitrogens with one attached hydrogen (secondary N) is 1. The second kappa shape index (κ2) is 6.02. The fraction of sp³-hybridized carbons (Fsp3) is 0.429. The van der Waals surface area contributed by atoms with Crippen LogP contribution in [0.15, 0.2) is 18.3 Å². The average molecular weight is 321 g/mol. The first-order valence-corrected chi connectivity index (χ1v) is 7.47. The average Bonchev–Trinajstić information content (AvgIpc) is 2.89. The number of halogens is 1. The summed E-state index contributed by atoms with van der Waals surface area (Å²) < 4.78 is 2.09. The van der Waals surface area contributed by atoms with E-state index in [1.165, 1.54) is 6.20 Å². The summed E-state index contributed by atoms with van der Waals surface area (Å²) in [7, 11) is 0. The summed E-state index contributed by atoms with van der Waals surface area (Å²) in [6.45, 7) is 6.02. The Bertz CT molecular complexity index is 683. The predicted molar refractivity (Wildman–Crippen MR) is 82.5 cm³/mol. The first-order valence-electron chi connectivity index (χ1n) is 7.10. The van der Waals surface area contributed by atoms with Gasteiger partial charge in [-0.3, -0.25) is 9.69 Å². The molecule has 1 unspecified atom stereocenters. The quantitative estimate of drug-likeness (QED) is 0.927. The number of fused-ring (bicyclic) bond motifs is 1. The number of amides is 1. The number of rotatable bonds is 3. The summed E-state index contributed by atoms with van der Waals surface area (Å²) in [6.07, 6.45) is 1.51. The zero-order valence-electron chi connectivity index (χ0n) is 12.5. The fourth-order valence-corrected chi connectivity index (χ4v) is 2.61. The van der Waals surface area contributed by atoms with Crippen LogP contribution in [0, 0.1) is 6.92 Å². The third-order valence-corrected chi connectivity index (χ3v) is 4.10. The van der Waals surface area contributed by atoms with Gasteiger partial charge in [0.1, 0.15) is 17.5 Å². The summed E-state index contributed by atoms with van der Waals surface area (Å²) in [6, 6.07) is 3.10. The van der Waals surface area contributed by atoms with Gasteiger partial charge in [0.15, 0.2) is 0 Å². The third kappa shape index (κ3) is 2.95. The monoisotopic (exact) mass is 320 g/mol. The SMILES string of the molecule is Cc1nnc2n1CCN(C(C)C(=O)Nc1ccc(Cl)cn1)C2. The van der Waals surface area contributed by atoms with Crippen LogP contribution in [0.25, 0.3) is 0 Å². The number of carbonyl (C=O) groups is 1. The molecule has 0 bridgehead atoms. The molecule has 0 radical (unpaired) electrons. The number of hydrogen-bond donors (Lipinski definition) is 1. The maximum absolute atomic E-state index is 12.3. The Morgan fingerprint density at radius 1 is 1.36 bits per heavy atom. The third-order valence-electron chi connectivity index (χ3n) is 3.87. The number of aryl methyl sites for hydroxylation is 1. The molecule has 2 aromatic heterocycles. The van der Waals surface area contributed by atoms with Crippen molar-refractivity contribution in [3.05, 3.63) is 35.0 Å². The van der Waals surface area contributed by atoms with Crippen molar-refractivity contribution in [2.75, 3.05) is 11.9 Å². The summed E-state index contributed by atoms with van der Waals surface area (Å²) in [4.78, 5) is 18.5. The summed E-state index contributed by atoms with van der Waals surface area (Å²) in [5.41, 5.74) is 0. The van der Waals surface area contributed by atoms with E-state index in [1.807, 2.05) is 13.8 Å². The Morgan fingerprint density at radius 3 is 2.91 bits per heavy atom. The first-order chi connectivity index (χ1) is 10.5. The lowest BCUT2D eigenvalue weighted by atomic mass is 10.2. The van der Waals surface area contributed by atoms with Gasteiger partial charge in [-0.2, -0.15) is 0 Å². The number of nitrogens with zero attached hydrogens (tertiary/aromatic N) is 5. The van der Waals surface area contributed by atoms with E-state index in [0.29, 0.717) is 17.4 Å². The van der Waals surface area contributed by atoms with Gasteiger partial charge in [-0.25, -0.2) is 4.98 Å². The lowest BCUT2D eigenvalue weighted by Crippen LogP contribution is -2.46. The number of pyridine rings is 1. The lowest BCUT2D eigenvalue weighted by molar-refractivity contribution is -0.121. The Balaban J connectivity index is 1.65. The summed E-state index contributed by atoms with van der Waals surface area (Å²) in [5, 5.41) is 11.6. The van der Waals surface area contributed by atoms with Gasteiger partial charge >= 0.3 is 0 Å². The minimum Gasteiger partial charge on any atom is -0.313 e. The minimum atomic E-state index is -0.275. The molecule has 3 rings (SSSR count). The van der Waals surface area contributed by atoms with Gasteiger partial charge in [0.25, 0.3) is 0 Å². The highest BCUT2D eigenvalue weighted by Crippen LogP contribution is 2.16. The van der Waals surface area contributed by atoms with Crippen molar-refractivity contribution >= 4 is 23.3 Å². The van der Waals surface area contributed by atoms with Gasteiger partial charge in [0, 0.05) is 19.3 Å². The molecule has 1 N–H and O–H groups in total. The normalized spacial score (nSPS) is 16.1. The number of aromatic nitrogens is 4. The standard InChI is InChI=1S/C14H17ClN6O/c1-9(14(22)17-12-4-3-11(15)7-16-12)20-5-6-21-10(2)18-19-13(21)8-20/h3-4,7,9H,5-6,8H2,1-2H3,(H,16,17,22). The maximum Gasteiger partial charge on any atom is 0.242 e. The van der Waals surface area contributed by atoms with Crippen molar-refractivity contribution in [2.45, 2.75) is 33.0 Å². The highest BCUT2D eigenvalue weighted by molar-refractivity contribution is 6.30. The lowest BCUT2D eigenvalue weighted by Gasteiger charge is -2.31. The Hall–Kier alpha value is -1.99. The van der Waals surface area contributed by atoms with E-state index in [1.54, 1.807) is 12.1 Å². The molecule has 2 aromatic rings. The van der Waals surface area contributed by atoms with E-state index in [2.05, 4.69) is 30.0 Å². The molecule has 3 heterocycles. The smallest absolute Gasteiger partial charge is 0.242 e. The molecule has 7 nitrogen and oxygen atoms in total. The zero-order chi connectivity index (χ0) is 15.7. The van der Waals surface area contributed by atoms with E-state index in [-0.39, 0.29) is 11.9 Å². The van der Waals surface area contributed by atoms with Gasteiger partial charge in [0.05, 0.1) is 17.6 Å². The van der Waals surface area contributed by atoms with Crippen LogP contribution in [0.2, 0.25) is 5.02 Å². The maximum atomic E-state index is 12.3. The highest BCUT2D eigenvalue weighted by Gasteiger charge is 2.27. The van der Waals surface area contributed by atoms with Crippen LogP contribution >= 0.6 is 11.6 Å². The molecule has 1 amide bonds. The van der Waals surface area contributed by atoms with Gasteiger partial charge < -0.3 is 9.88 Å². The summed E-state index contributed by atoms with van der Waals surface area (Å²) in [5.74, 6) is 2.21. The van der Waals surface area contributed by atoms with Crippen LogP contribution in [0.4, 0.5) is 5.82 Å². The van der Waals surface area contributed by atoms with Gasteiger partial charge in [-0.1, -0.05) is 11.6 Å². The number of hydrogen-bond acceptors (Lipinski definition) is 5. The molecular weight excluding hydrogens is 304 g/mol. The molecule has 1 atom stereocenters. The number of carbonyl (C=O) groups excluding carboxylic acids is 1. The molecule has 1 aliphatic rings. The Kier molecular flexibility index (Phi) is 4.08.